The molecular weight excluding hydrogens is 506 g/mol. The first kappa shape index (κ1) is 28.9. The lowest BCUT2D eigenvalue weighted by Gasteiger charge is -2.36. The highest BCUT2D eigenvalue weighted by molar-refractivity contribution is 5.85. The van der Waals surface area contributed by atoms with Crippen LogP contribution in [0.15, 0.2) is 60.7 Å². The number of aromatic nitrogens is 2. The summed E-state index contributed by atoms with van der Waals surface area (Å²) in [6.07, 6.45) is 1.16. The third-order valence-corrected chi connectivity index (χ3v) is 7.07. The number of anilines is 1. The van der Waals surface area contributed by atoms with Crippen molar-refractivity contribution in [1.29, 1.82) is 0 Å². The lowest BCUT2D eigenvalue weighted by atomic mass is 10.1. The monoisotopic (exact) mass is 545 g/mol. The van der Waals surface area contributed by atoms with Crippen LogP contribution in [0.1, 0.15) is 25.8 Å². The summed E-state index contributed by atoms with van der Waals surface area (Å²) in [5.74, 6) is 2.39. The Labute approximate surface area is 236 Å². The van der Waals surface area contributed by atoms with Gasteiger partial charge < -0.3 is 24.2 Å². The van der Waals surface area contributed by atoms with E-state index in [4.69, 9.17) is 9.47 Å². The minimum Gasteiger partial charge on any atom is -0.497 e. The van der Waals surface area contributed by atoms with Crippen molar-refractivity contribution in [1.82, 2.24) is 20.0 Å². The molecule has 1 aromatic heterocycles. The van der Waals surface area contributed by atoms with Gasteiger partial charge in [-0.15, -0.1) is 10.2 Å². The lowest BCUT2D eigenvalue weighted by molar-refractivity contribution is -0.141. The zero-order valence-corrected chi connectivity index (χ0v) is 23.9. The summed E-state index contributed by atoms with van der Waals surface area (Å²) < 4.78 is 10.8. The van der Waals surface area contributed by atoms with Crippen molar-refractivity contribution in [2.45, 2.75) is 26.7 Å². The predicted octanol–water partition coefficient (Wildman–Crippen LogP) is 3.93. The van der Waals surface area contributed by atoms with Crippen LogP contribution in [0.3, 0.4) is 0 Å². The van der Waals surface area contributed by atoms with Gasteiger partial charge in [0, 0.05) is 50.8 Å². The predicted molar refractivity (Wildman–Crippen MR) is 156 cm³/mol. The van der Waals surface area contributed by atoms with Gasteiger partial charge in [-0.05, 0) is 42.2 Å². The van der Waals surface area contributed by atoms with Crippen molar-refractivity contribution in [3.05, 3.63) is 66.2 Å². The van der Waals surface area contributed by atoms with Gasteiger partial charge in [-0.25, -0.2) is 0 Å². The summed E-state index contributed by atoms with van der Waals surface area (Å²) in [4.78, 5) is 31.9. The quantitative estimate of drug-likeness (QED) is 0.361. The minimum atomic E-state index is -0.0159. The van der Waals surface area contributed by atoms with E-state index in [2.05, 4.69) is 27.2 Å². The van der Waals surface area contributed by atoms with Crippen LogP contribution in [0, 0.1) is 5.92 Å². The summed E-state index contributed by atoms with van der Waals surface area (Å²) in [6.45, 7) is 7.12. The molecule has 1 aliphatic rings. The van der Waals surface area contributed by atoms with Crippen LogP contribution in [-0.4, -0.2) is 85.3 Å². The molecule has 9 heteroatoms. The van der Waals surface area contributed by atoms with E-state index in [1.54, 1.807) is 19.1 Å². The Balaban J connectivity index is 1.34. The molecule has 2 aromatic carbocycles. The molecule has 2 amide bonds. The van der Waals surface area contributed by atoms with Crippen LogP contribution in [0.2, 0.25) is 0 Å². The third-order valence-electron chi connectivity index (χ3n) is 7.07. The number of carbonyl (C=O) groups excluding carboxylic acids is 2. The van der Waals surface area contributed by atoms with Crippen molar-refractivity contribution < 1.29 is 19.1 Å². The Hall–Kier alpha value is -4.14. The summed E-state index contributed by atoms with van der Waals surface area (Å²) in [5.41, 5.74) is 2.70. The molecule has 2 heterocycles. The fourth-order valence-corrected chi connectivity index (χ4v) is 4.77. The highest BCUT2D eigenvalue weighted by atomic mass is 16.5. The number of benzene rings is 2. The van der Waals surface area contributed by atoms with Gasteiger partial charge in [0.1, 0.15) is 11.5 Å². The van der Waals surface area contributed by atoms with E-state index < -0.39 is 0 Å². The normalized spacial score (nSPS) is 13.3. The molecule has 0 bridgehead atoms. The van der Waals surface area contributed by atoms with E-state index in [1.165, 1.54) is 0 Å². The van der Waals surface area contributed by atoms with Crippen molar-refractivity contribution in [2.24, 2.45) is 5.92 Å². The van der Waals surface area contributed by atoms with E-state index in [1.807, 2.05) is 67.3 Å². The fourth-order valence-electron chi connectivity index (χ4n) is 4.77. The first-order valence-corrected chi connectivity index (χ1v) is 13.8. The number of amides is 2. The van der Waals surface area contributed by atoms with Gasteiger partial charge in [0.2, 0.25) is 11.8 Å². The number of piperazine rings is 1. The summed E-state index contributed by atoms with van der Waals surface area (Å²) >= 11 is 0. The van der Waals surface area contributed by atoms with Gasteiger partial charge in [0.15, 0.2) is 5.82 Å². The van der Waals surface area contributed by atoms with E-state index in [0.29, 0.717) is 56.3 Å². The average Bonchev–Trinajstić information content (AvgIpc) is 2.99. The minimum absolute atomic E-state index is 0.0159. The Morgan fingerprint density at radius 1 is 0.925 bits per heavy atom. The van der Waals surface area contributed by atoms with Gasteiger partial charge in [-0.1, -0.05) is 44.2 Å². The Morgan fingerprint density at radius 3 is 2.30 bits per heavy atom. The first-order valence-electron chi connectivity index (χ1n) is 13.8. The van der Waals surface area contributed by atoms with Crippen LogP contribution in [0.25, 0.3) is 11.3 Å². The second kappa shape index (κ2) is 13.8. The van der Waals surface area contributed by atoms with Crippen molar-refractivity contribution in [3.63, 3.8) is 0 Å². The molecule has 0 spiro atoms. The van der Waals surface area contributed by atoms with Crippen molar-refractivity contribution in [3.8, 4) is 22.8 Å². The zero-order valence-electron chi connectivity index (χ0n) is 23.9. The fraction of sp³-hybridized carbons (Fsp3) is 0.419. The van der Waals surface area contributed by atoms with E-state index in [-0.39, 0.29) is 24.3 Å². The van der Waals surface area contributed by atoms with Crippen LogP contribution in [-0.2, 0) is 16.0 Å². The van der Waals surface area contributed by atoms with Gasteiger partial charge in [0.05, 0.1) is 26.5 Å². The summed E-state index contributed by atoms with van der Waals surface area (Å²) in [7, 11) is 3.23. The van der Waals surface area contributed by atoms with E-state index in [0.717, 1.165) is 23.4 Å². The molecule has 40 heavy (non-hydrogen) atoms. The molecule has 1 fully saturated rings. The lowest BCUT2D eigenvalue weighted by Crippen LogP contribution is -2.52. The summed E-state index contributed by atoms with van der Waals surface area (Å²) in [5, 5.41) is 8.88. The second-order valence-corrected chi connectivity index (χ2v) is 10.4. The molecule has 0 saturated carbocycles. The second-order valence-electron chi connectivity index (χ2n) is 10.4. The van der Waals surface area contributed by atoms with Gasteiger partial charge in [-0.2, -0.15) is 0 Å². The molecule has 4 rings (SSSR count). The number of carbonyl (C=O) groups is 2. The maximum absolute atomic E-state index is 13.2. The average molecular weight is 546 g/mol. The molecular formula is C31H39N5O4. The van der Waals surface area contributed by atoms with Crippen molar-refractivity contribution >= 4 is 17.6 Å². The van der Waals surface area contributed by atoms with E-state index in [9.17, 15) is 9.59 Å². The molecule has 3 aromatic rings. The van der Waals surface area contributed by atoms with Crippen LogP contribution in [0.5, 0.6) is 11.5 Å². The third kappa shape index (κ3) is 7.49. The molecule has 0 N–H and O–H groups in total. The SMILES string of the molecule is COc1ccc(-c2ccc(N3CCN(C(=O)CN(CCc4ccccc4)C(=O)CC(C)C)CC3)nn2)c(OC)c1. The maximum Gasteiger partial charge on any atom is 0.242 e. The molecule has 212 valence electrons. The molecule has 0 atom stereocenters. The smallest absolute Gasteiger partial charge is 0.242 e. The highest BCUT2D eigenvalue weighted by Crippen LogP contribution is 2.32. The molecule has 1 aliphatic heterocycles. The molecule has 0 radical (unpaired) electrons. The largest absolute Gasteiger partial charge is 0.497 e. The van der Waals surface area contributed by atoms with Crippen LogP contribution < -0.4 is 14.4 Å². The highest BCUT2D eigenvalue weighted by Gasteiger charge is 2.26. The summed E-state index contributed by atoms with van der Waals surface area (Å²) in [6, 6.07) is 19.5. The number of methoxy groups -OCH3 is 2. The Morgan fingerprint density at radius 2 is 1.68 bits per heavy atom. The number of rotatable bonds is 11. The number of nitrogens with zero attached hydrogens (tertiary/aromatic N) is 5. The number of hydrogen-bond acceptors (Lipinski definition) is 7. The molecule has 1 saturated heterocycles. The maximum atomic E-state index is 13.2. The zero-order chi connectivity index (χ0) is 28.5. The topological polar surface area (TPSA) is 88.1 Å². The van der Waals surface area contributed by atoms with Crippen molar-refractivity contribution in [2.75, 3.05) is 58.4 Å². The Bertz CT molecular complexity index is 1260. The number of hydrogen-bond donors (Lipinski definition) is 0. The van der Waals surface area contributed by atoms with Gasteiger partial charge in [0.25, 0.3) is 0 Å². The van der Waals surface area contributed by atoms with E-state index >= 15 is 0 Å². The Kier molecular flexibility index (Phi) is 9.94. The number of ether oxygens (including phenoxy) is 2. The first-order chi connectivity index (χ1) is 19.4. The van der Waals surface area contributed by atoms with Crippen LogP contribution in [0.4, 0.5) is 5.82 Å². The van der Waals surface area contributed by atoms with Gasteiger partial charge in [-0.3, -0.25) is 9.59 Å². The van der Waals surface area contributed by atoms with Gasteiger partial charge >= 0.3 is 0 Å². The van der Waals surface area contributed by atoms with Crippen LogP contribution >= 0.6 is 0 Å². The molecule has 0 unspecified atom stereocenters. The molecule has 0 aliphatic carbocycles. The molecule has 9 nitrogen and oxygen atoms in total. The standard InChI is InChI=1S/C31H39N5O4/c1-23(2)20-30(37)36(15-14-24-8-6-5-7-9-24)22-31(38)35-18-16-34(17-19-35)29-13-12-27(32-33-29)26-11-10-25(39-3)21-28(26)40-4/h5-13,21,23H,14-20,22H2,1-4H3.